The van der Waals surface area contributed by atoms with Crippen LogP contribution in [-0.2, 0) is 4.55 Å². The minimum atomic E-state index is -0.0464. The highest BCUT2D eigenvalue weighted by molar-refractivity contribution is 9.23. The molecule has 50 valence electrons. The minimum absolute atomic E-state index is 0.0464. The van der Waals surface area contributed by atoms with Crippen LogP contribution in [0.4, 0.5) is 0 Å². The number of benzene rings is 1. The zero-order valence-electron chi connectivity index (χ0n) is 5.48. The lowest BCUT2D eigenvalue weighted by atomic mass is 10.2. The van der Waals surface area contributed by atoms with Gasteiger partial charge >= 0.3 is 18.2 Å². The molecule has 0 spiro atoms. The predicted octanol–water partition coefficient (Wildman–Crippen LogP) is 2.85. The van der Waals surface area contributed by atoms with Crippen molar-refractivity contribution in [3.8, 4) is 0 Å². The van der Waals surface area contributed by atoms with Crippen LogP contribution >= 0.6 is 24.5 Å². The highest BCUT2D eigenvalue weighted by atomic mass is 79.9. The summed E-state index contributed by atoms with van der Waals surface area (Å²) in [6.07, 6.45) is 0. The molecule has 0 aliphatic rings. The van der Waals surface area contributed by atoms with Crippen LogP contribution in [0.2, 0.25) is 5.02 Å². The van der Waals surface area contributed by atoms with Gasteiger partial charge in [-0.2, -0.15) is 0 Å². The van der Waals surface area contributed by atoms with Crippen molar-refractivity contribution in [1.29, 1.82) is 0 Å². The van der Waals surface area contributed by atoms with E-state index >= 15 is 0 Å². The summed E-state index contributed by atoms with van der Waals surface area (Å²) in [6, 6.07) is 8.03. The number of halogens is 2. The summed E-state index contributed by atoms with van der Waals surface area (Å²) in [5, 5.41) is 0.840. The van der Waals surface area contributed by atoms with Crippen molar-refractivity contribution in [1.82, 2.24) is 0 Å². The van der Waals surface area contributed by atoms with Gasteiger partial charge < -0.3 is 12.9 Å². The molecule has 0 atom stereocenters. The van der Waals surface area contributed by atoms with Crippen LogP contribution in [0.5, 0.6) is 0 Å². The molecule has 0 bridgehead atoms. The monoisotopic (exact) mass is 228 g/mol. The molecular weight excluding hydrogens is 224 g/mol. The number of rotatable bonds is 2. The lowest BCUT2D eigenvalue weighted by Gasteiger charge is -1.95. The maximum absolute atomic E-state index is 5.78. The number of hydrogen-bond donors (Lipinski definition) is 0. The average Bonchev–Trinajstić information content (AvgIpc) is 1.88. The quantitative estimate of drug-likeness (QED) is 0.685. The Morgan fingerprint density at radius 1 is 1.50 bits per heavy atom. The Hall–Kier alpha value is 0.756. The van der Waals surface area contributed by atoms with Gasteiger partial charge in [0.2, 0.25) is 0 Å². The highest BCUT2D eigenvalue weighted by Gasteiger charge is 1.94. The van der Waals surface area contributed by atoms with Crippen LogP contribution in [-0.4, -0.2) is 18.2 Å². The van der Waals surface area contributed by atoms with E-state index in [1.54, 1.807) is 0 Å². The molecule has 0 nitrogen and oxygen atoms in total. The fraction of sp³-hybridized carbons (Fsp3) is 0.143. The van der Waals surface area contributed by atoms with Crippen molar-refractivity contribution in [3.05, 3.63) is 34.9 Å². The Bertz CT molecular complexity index is 215. The maximum Gasteiger partial charge on any atom is 0.473 e. The Morgan fingerprint density at radius 2 is 2.30 bits per heavy atom. The van der Waals surface area contributed by atoms with Crippen LogP contribution in [0.1, 0.15) is 5.56 Å². The first kappa shape index (κ1) is 8.85. The molecule has 0 fully saturated rings. The van der Waals surface area contributed by atoms with E-state index in [0.29, 0.717) is 0 Å². The second kappa shape index (κ2) is 4.60. The molecule has 1 aromatic rings. The molecule has 0 N–H and O–H groups in total. The first-order chi connectivity index (χ1) is 4.83. The summed E-state index contributed by atoms with van der Waals surface area (Å²) in [4.78, 5) is 0. The molecule has 0 unspecified atom stereocenters. The minimum Gasteiger partial charge on any atom is -0.306 e. The molecule has 0 aliphatic carbocycles. The zero-order chi connectivity index (χ0) is 7.40. The van der Waals surface area contributed by atoms with Crippen LogP contribution in [0.25, 0.3) is 0 Å². The van der Waals surface area contributed by atoms with E-state index in [1.807, 2.05) is 18.2 Å². The van der Waals surface area contributed by atoms with Crippen molar-refractivity contribution < 1.29 is 0 Å². The Morgan fingerprint density at radius 3 is 2.90 bits per heavy atom. The Balaban J connectivity index is 2.75. The third-order valence-electron chi connectivity index (χ3n) is 1.27. The largest absolute Gasteiger partial charge is 0.473 e. The van der Waals surface area contributed by atoms with Gasteiger partial charge in [-0.15, -0.1) is 4.55 Å². The molecule has 3 heteroatoms. The molecule has 1 rings (SSSR count). The highest BCUT2D eigenvalue weighted by Crippen LogP contribution is 2.10. The van der Waals surface area contributed by atoms with Gasteiger partial charge in [-0.25, -0.2) is 0 Å². The summed E-state index contributed by atoms with van der Waals surface area (Å²) in [7, 11) is 0. The molecule has 0 aromatic heterocycles. The average molecular weight is 230 g/mol. The molecule has 10 heavy (non-hydrogen) atoms. The fourth-order valence-electron chi connectivity index (χ4n) is 0.802. The first-order valence-electron chi connectivity index (χ1n) is 3.13. The third kappa shape index (κ3) is 2.78. The van der Waals surface area contributed by atoms with Crippen molar-refractivity contribution >= 4 is 42.7 Å². The molecule has 0 heterocycles. The van der Waals surface area contributed by atoms with Crippen LogP contribution in [0.15, 0.2) is 24.3 Å². The van der Waals surface area contributed by atoms with Gasteiger partial charge in [0, 0.05) is 5.02 Å². The van der Waals surface area contributed by atoms with Gasteiger partial charge in [-0.05, 0) is 12.1 Å². The van der Waals surface area contributed by atoms with Crippen molar-refractivity contribution in [2.45, 2.75) is 4.55 Å². The molecule has 0 aliphatic heterocycles. The second-order valence-electron chi connectivity index (χ2n) is 2.07. The molecule has 1 aromatic carbocycles. The summed E-state index contributed by atoms with van der Waals surface area (Å²) >= 11 is 9.24. The predicted molar refractivity (Wildman–Crippen MR) is 49.8 cm³/mol. The fourth-order valence-corrected chi connectivity index (χ4v) is 2.92. The van der Waals surface area contributed by atoms with E-state index in [1.165, 1.54) is 10.1 Å². The van der Waals surface area contributed by atoms with E-state index in [-0.39, 0.29) is 18.2 Å². The van der Waals surface area contributed by atoms with Gasteiger partial charge in [-0.1, -0.05) is 29.3 Å². The van der Waals surface area contributed by atoms with Crippen molar-refractivity contribution in [2.24, 2.45) is 0 Å². The van der Waals surface area contributed by atoms with Gasteiger partial charge in [0.25, 0.3) is 0 Å². The smallest absolute Gasteiger partial charge is 0.306 e. The lowest BCUT2D eigenvalue weighted by Crippen LogP contribution is -1.86. The molecular formula is C7H6BrClMg. The summed E-state index contributed by atoms with van der Waals surface area (Å²) in [5.41, 5.74) is 1.34. The number of hydrogen-bond acceptors (Lipinski definition) is 0. The molecule has 0 saturated carbocycles. The van der Waals surface area contributed by atoms with Crippen LogP contribution in [0.3, 0.4) is 0 Å². The van der Waals surface area contributed by atoms with E-state index in [9.17, 15) is 0 Å². The summed E-state index contributed by atoms with van der Waals surface area (Å²) in [6.45, 7) is 0. The van der Waals surface area contributed by atoms with Crippen molar-refractivity contribution in [3.63, 3.8) is 0 Å². The third-order valence-corrected chi connectivity index (χ3v) is 3.46. The molecule has 0 radical (unpaired) electrons. The van der Waals surface area contributed by atoms with Gasteiger partial charge in [0.05, 0.1) is 0 Å². The topological polar surface area (TPSA) is 0 Å². The van der Waals surface area contributed by atoms with Gasteiger partial charge in [0.1, 0.15) is 0 Å². The van der Waals surface area contributed by atoms with Crippen molar-refractivity contribution in [2.75, 3.05) is 0 Å². The lowest BCUT2D eigenvalue weighted by molar-refractivity contribution is 1.40. The maximum atomic E-state index is 5.78. The molecule has 0 saturated heterocycles. The van der Waals surface area contributed by atoms with Gasteiger partial charge in [-0.3, -0.25) is 0 Å². The Labute approximate surface area is 81.6 Å². The zero-order valence-corrected chi connectivity index (χ0v) is 9.24. The van der Waals surface area contributed by atoms with Crippen LogP contribution < -0.4 is 0 Å². The van der Waals surface area contributed by atoms with E-state index in [0.717, 1.165) is 5.02 Å². The van der Waals surface area contributed by atoms with Crippen LogP contribution in [0, 0.1) is 0 Å². The normalized spacial score (nSPS) is 9.00. The molecule has 0 amide bonds. The van der Waals surface area contributed by atoms with E-state index in [2.05, 4.69) is 19.0 Å². The Kier molecular flexibility index (Phi) is 4.07. The first-order valence-corrected chi connectivity index (χ1v) is 8.41. The van der Waals surface area contributed by atoms with E-state index in [4.69, 9.17) is 11.6 Å². The SMILES string of the molecule is Clc1cccc([CH2][Mg][Br])c1. The van der Waals surface area contributed by atoms with Gasteiger partial charge in [0.15, 0.2) is 0 Å². The standard InChI is InChI=1S/C7H6Cl.BrH.Mg/c1-6-3-2-4-7(8)5-6;;/h2-5H,1H2;1H;/q;;+1/p-1. The summed E-state index contributed by atoms with van der Waals surface area (Å²) < 4.78 is 1.18. The summed E-state index contributed by atoms with van der Waals surface area (Å²) in [5.74, 6) is 0. The second-order valence-corrected chi connectivity index (χ2v) is 5.76. The van der Waals surface area contributed by atoms with E-state index < -0.39 is 0 Å².